The van der Waals surface area contributed by atoms with Crippen LogP contribution in [0.1, 0.15) is 11.7 Å². The highest BCUT2D eigenvalue weighted by Crippen LogP contribution is 2.31. The Hall–Kier alpha value is -3.18. The summed E-state index contributed by atoms with van der Waals surface area (Å²) >= 11 is 0. The van der Waals surface area contributed by atoms with Crippen molar-refractivity contribution >= 4 is 11.4 Å². The van der Waals surface area contributed by atoms with Crippen LogP contribution in [0.4, 0.5) is 11.4 Å². The summed E-state index contributed by atoms with van der Waals surface area (Å²) in [5.41, 5.74) is -2.57. The van der Waals surface area contributed by atoms with E-state index >= 15 is 0 Å². The van der Waals surface area contributed by atoms with Crippen LogP contribution >= 0.6 is 0 Å². The average molecular weight is 272 g/mol. The normalized spacial score (nSPS) is 10.2. The van der Waals surface area contributed by atoms with Crippen molar-refractivity contribution in [3.05, 3.63) is 64.2 Å². The van der Waals surface area contributed by atoms with Gasteiger partial charge in [-0.1, -0.05) is 0 Å². The Morgan fingerprint density at radius 1 is 0.842 bits per heavy atom. The summed E-state index contributed by atoms with van der Waals surface area (Å²) in [5.74, 6) is 0. The molecule has 0 spiro atoms. The van der Waals surface area contributed by atoms with Crippen molar-refractivity contribution in [3.63, 3.8) is 0 Å². The monoisotopic (exact) mass is 272 g/mol. The molecule has 0 aliphatic rings. The van der Waals surface area contributed by atoms with Gasteiger partial charge in [-0.2, -0.15) is 0 Å². The van der Waals surface area contributed by atoms with Crippen molar-refractivity contribution in [2.75, 3.05) is 0 Å². The summed E-state index contributed by atoms with van der Waals surface area (Å²) in [6.07, 6.45) is -2.55. The van der Waals surface area contributed by atoms with E-state index in [1.54, 1.807) is 0 Å². The summed E-state index contributed by atoms with van der Waals surface area (Å²) in [6, 6.07) is 1.80. The van der Waals surface area contributed by atoms with Crippen molar-refractivity contribution < 1.29 is 19.7 Å². The summed E-state index contributed by atoms with van der Waals surface area (Å²) in [6.45, 7) is 0. The minimum Gasteiger partial charge on any atom is -0.258 e. The highest BCUT2D eigenvalue weighted by Gasteiger charge is 2.41. The molecule has 100 valence electrons. The third kappa shape index (κ3) is 2.74. The van der Waals surface area contributed by atoms with Gasteiger partial charge in [0.15, 0.2) is 5.56 Å². The molecule has 19 heavy (non-hydrogen) atoms. The van der Waals surface area contributed by atoms with Crippen LogP contribution in [-0.2, 0) is 0 Å². The molecule has 1 rings (SSSR count). The summed E-state index contributed by atoms with van der Waals surface area (Å²) < 4.78 is 0. The van der Waals surface area contributed by atoms with Crippen LogP contribution in [0.25, 0.3) is 0 Å². The number of nitro groups is 4. The summed E-state index contributed by atoms with van der Waals surface area (Å²) in [7, 11) is 0. The molecule has 0 saturated carbocycles. The predicted octanol–water partition coefficient (Wildman–Crippen LogP) is 1.05. The number of rotatable bonds is 5. The van der Waals surface area contributed by atoms with Crippen LogP contribution in [0.3, 0.4) is 0 Å². The molecule has 0 heterocycles. The van der Waals surface area contributed by atoms with Gasteiger partial charge < -0.3 is 0 Å². The van der Waals surface area contributed by atoms with Gasteiger partial charge in [-0.25, -0.2) is 0 Å². The lowest BCUT2D eigenvalue weighted by atomic mass is 10.1. The van der Waals surface area contributed by atoms with Gasteiger partial charge in [0.05, 0.1) is 15.9 Å². The van der Waals surface area contributed by atoms with Gasteiger partial charge in [0.25, 0.3) is 11.4 Å². The number of nitrogens with zero attached hydrogens (tertiary/aromatic N) is 4. The summed E-state index contributed by atoms with van der Waals surface area (Å²) in [5, 5.41) is 42.2. The first-order valence-corrected chi connectivity index (χ1v) is 4.45. The SMILES string of the molecule is O=[N+]([O-])c1ccc(C([N+](=O)[O-])[N+](=O)[O-])c([N+](=O)[O-])c1. The second-order valence-corrected chi connectivity index (χ2v) is 3.20. The average Bonchev–Trinajstić information content (AvgIpc) is 2.27. The molecule has 0 aliphatic carbocycles. The molecule has 0 fully saturated rings. The first-order valence-electron chi connectivity index (χ1n) is 4.45. The minimum absolute atomic E-state index is 0.440. The van der Waals surface area contributed by atoms with Crippen molar-refractivity contribution in [2.24, 2.45) is 0 Å². The quantitative estimate of drug-likeness (QED) is 0.434. The van der Waals surface area contributed by atoms with Crippen LogP contribution in [-0.4, -0.2) is 19.7 Å². The van der Waals surface area contributed by atoms with Crippen molar-refractivity contribution in [2.45, 2.75) is 6.17 Å². The van der Waals surface area contributed by atoms with Crippen LogP contribution < -0.4 is 0 Å². The van der Waals surface area contributed by atoms with E-state index in [9.17, 15) is 40.5 Å². The van der Waals surface area contributed by atoms with E-state index in [-0.39, 0.29) is 0 Å². The molecule has 1 aromatic carbocycles. The summed E-state index contributed by atoms with van der Waals surface area (Å²) in [4.78, 5) is 37.5. The first kappa shape index (κ1) is 13.9. The highest BCUT2D eigenvalue weighted by molar-refractivity contribution is 5.49. The van der Waals surface area contributed by atoms with Crippen LogP contribution in [0.15, 0.2) is 18.2 Å². The van der Waals surface area contributed by atoms with Gasteiger partial charge in [-0.15, -0.1) is 0 Å². The molecule has 0 bridgehead atoms. The Morgan fingerprint density at radius 3 is 1.74 bits per heavy atom. The maximum absolute atomic E-state index is 10.7. The van der Waals surface area contributed by atoms with E-state index in [4.69, 9.17) is 0 Å². The Bertz CT molecular complexity index is 570. The molecule has 0 unspecified atom stereocenters. The van der Waals surface area contributed by atoms with Gasteiger partial charge in [-0.3, -0.25) is 40.5 Å². The van der Waals surface area contributed by atoms with E-state index in [1.165, 1.54) is 0 Å². The van der Waals surface area contributed by atoms with Gasteiger partial charge in [0, 0.05) is 6.07 Å². The Morgan fingerprint density at radius 2 is 1.37 bits per heavy atom. The molecule has 0 aromatic heterocycles. The third-order valence-corrected chi connectivity index (χ3v) is 2.10. The number of hydrogen-bond donors (Lipinski definition) is 0. The first-order chi connectivity index (χ1) is 8.75. The second kappa shape index (κ2) is 4.99. The number of non-ortho nitro benzene ring substituents is 1. The zero-order valence-electron chi connectivity index (χ0n) is 8.86. The molecule has 0 N–H and O–H groups in total. The van der Waals surface area contributed by atoms with E-state index in [2.05, 4.69) is 0 Å². The molecule has 0 atom stereocenters. The van der Waals surface area contributed by atoms with Gasteiger partial charge in [0.2, 0.25) is 0 Å². The van der Waals surface area contributed by atoms with Crippen LogP contribution in [0.2, 0.25) is 0 Å². The van der Waals surface area contributed by atoms with Crippen molar-refractivity contribution in [3.8, 4) is 0 Å². The minimum atomic E-state index is -2.55. The zero-order valence-corrected chi connectivity index (χ0v) is 8.86. The fraction of sp³-hybridized carbons (Fsp3) is 0.143. The Labute approximate surface area is 102 Å². The number of benzene rings is 1. The van der Waals surface area contributed by atoms with Crippen molar-refractivity contribution in [1.82, 2.24) is 0 Å². The van der Waals surface area contributed by atoms with Gasteiger partial charge in [0.1, 0.15) is 9.85 Å². The molecule has 0 amide bonds. The fourth-order valence-electron chi connectivity index (χ4n) is 1.33. The molecular formula is C7H4N4O8. The van der Waals surface area contributed by atoms with Gasteiger partial charge >= 0.3 is 6.17 Å². The lowest BCUT2D eigenvalue weighted by molar-refractivity contribution is -0.753. The maximum atomic E-state index is 10.7. The maximum Gasteiger partial charge on any atom is 0.483 e. The molecular weight excluding hydrogens is 268 g/mol. The Balaban J connectivity index is 3.50. The molecule has 12 nitrogen and oxygen atoms in total. The number of hydrogen-bond acceptors (Lipinski definition) is 8. The molecule has 0 aliphatic heterocycles. The van der Waals surface area contributed by atoms with E-state index in [1.807, 2.05) is 0 Å². The predicted molar refractivity (Wildman–Crippen MR) is 56.5 cm³/mol. The van der Waals surface area contributed by atoms with E-state index in [0.29, 0.717) is 12.1 Å². The Kier molecular flexibility index (Phi) is 3.65. The molecule has 0 radical (unpaired) electrons. The van der Waals surface area contributed by atoms with Crippen molar-refractivity contribution in [1.29, 1.82) is 0 Å². The second-order valence-electron chi connectivity index (χ2n) is 3.20. The number of nitro benzene ring substituents is 2. The van der Waals surface area contributed by atoms with E-state index < -0.39 is 42.8 Å². The topological polar surface area (TPSA) is 173 Å². The smallest absolute Gasteiger partial charge is 0.258 e. The molecule has 1 aromatic rings. The largest absolute Gasteiger partial charge is 0.483 e. The molecule has 0 saturated heterocycles. The molecule has 12 heteroatoms. The van der Waals surface area contributed by atoms with Gasteiger partial charge in [-0.05, 0) is 6.07 Å². The lowest BCUT2D eigenvalue weighted by Crippen LogP contribution is -2.20. The van der Waals surface area contributed by atoms with E-state index in [0.717, 1.165) is 6.07 Å². The van der Waals surface area contributed by atoms with Crippen LogP contribution in [0, 0.1) is 40.5 Å². The highest BCUT2D eigenvalue weighted by atomic mass is 16.7. The zero-order chi connectivity index (χ0) is 14.7. The third-order valence-electron chi connectivity index (χ3n) is 2.10. The lowest BCUT2D eigenvalue weighted by Gasteiger charge is -2.03. The van der Waals surface area contributed by atoms with Crippen LogP contribution in [0.5, 0.6) is 0 Å². The standard InChI is InChI=1S/C7H4N4O8/c12-8(13)4-1-2-5(6(3-4)9(14)15)7(10(16)17)11(18)19/h1-3,7H. The fourth-order valence-corrected chi connectivity index (χ4v) is 1.33.